The number of amides is 2. The van der Waals surface area contributed by atoms with Crippen LogP contribution in [-0.4, -0.2) is 60.5 Å². The molecule has 3 aliphatic rings. The van der Waals surface area contributed by atoms with Crippen LogP contribution in [0, 0.1) is 11.8 Å². The van der Waals surface area contributed by atoms with Crippen molar-refractivity contribution in [2.45, 2.75) is 51.6 Å². The van der Waals surface area contributed by atoms with Crippen molar-refractivity contribution >= 4 is 11.8 Å². The second-order valence-electron chi connectivity index (χ2n) is 7.11. The molecular weight excluding hydrogens is 280 g/mol. The minimum Gasteiger partial charge on any atom is -0.368 e. The smallest absolute Gasteiger partial charge is 0.251 e. The van der Waals surface area contributed by atoms with Crippen LogP contribution in [0.25, 0.3) is 0 Å². The largest absolute Gasteiger partial charge is 0.368 e. The molecular formula is C17H28N2O3. The van der Waals surface area contributed by atoms with E-state index >= 15 is 0 Å². The lowest BCUT2D eigenvalue weighted by atomic mass is 9.92. The van der Waals surface area contributed by atoms with Gasteiger partial charge in [-0.05, 0) is 44.4 Å². The molecule has 124 valence electrons. The lowest BCUT2D eigenvalue weighted by molar-refractivity contribution is -0.146. The van der Waals surface area contributed by atoms with E-state index in [0.717, 1.165) is 57.5 Å². The Morgan fingerprint density at radius 3 is 2.05 bits per heavy atom. The molecule has 22 heavy (non-hydrogen) atoms. The molecule has 5 heteroatoms. The fourth-order valence-corrected chi connectivity index (χ4v) is 3.81. The first kappa shape index (κ1) is 15.8. The highest BCUT2D eigenvalue weighted by Crippen LogP contribution is 2.25. The number of rotatable bonds is 2. The molecule has 0 saturated carbocycles. The molecule has 3 heterocycles. The van der Waals surface area contributed by atoms with Crippen LogP contribution in [0.1, 0.15) is 45.4 Å². The normalized spacial score (nSPS) is 28.1. The maximum absolute atomic E-state index is 12.6. The highest BCUT2D eigenvalue weighted by Gasteiger charge is 2.34. The summed E-state index contributed by atoms with van der Waals surface area (Å²) in [6.45, 7) is 6.21. The van der Waals surface area contributed by atoms with Crippen molar-refractivity contribution in [3.05, 3.63) is 0 Å². The first-order chi connectivity index (χ1) is 10.6. The second kappa shape index (κ2) is 6.99. The molecule has 0 spiro atoms. The predicted octanol–water partition coefficient (Wildman–Crippen LogP) is 1.66. The van der Waals surface area contributed by atoms with Crippen molar-refractivity contribution in [3.8, 4) is 0 Å². The fourth-order valence-electron chi connectivity index (χ4n) is 3.81. The molecule has 3 rings (SSSR count). The van der Waals surface area contributed by atoms with Crippen LogP contribution in [0.15, 0.2) is 0 Å². The van der Waals surface area contributed by atoms with Gasteiger partial charge in [0, 0.05) is 38.7 Å². The van der Waals surface area contributed by atoms with Crippen LogP contribution < -0.4 is 0 Å². The zero-order chi connectivity index (χ0) is 15.5. The number of likely N-dealkylation sites (tertiary alicyclic amines) is 2. The van der Waals surface area contributed by atoms with Crippen LogP contribution in [0.3, 0.4) is 0 Å². The molecule has 3 fully saturated rings. The van der Waals surface area contributed by atoms with E-state index in [-0.39, 0.29) is 17.9 Å². The second-order valence-corrected chi connectivity index (χ2v) is 7.11. The Labute approximate surface area is 133 Å². The van der Waals surface area contributed by atoms with Gasteiger partial charge in [0.05, 0.1) is 0 Å². The quantitative estimate of drug-likeness (QED) is 0.779. The number of hydrogen-bond donors (Lipinski definition) is 0. The third-order valence-electron chi connectivity index (χ3n) is 5.46. The van der Waals surface area contributed by atoms with Gasteiger partial charge in [0.15, 0.2) is 0 Å². The van der Waals surface area contributed by atoms with E-state index in [1.54, 1.807) is 0 Å². The fraction of sp³-hybridized carbons (Fsp3) is 0.882. The molecule has 5 nitrogen and oxygen atoms in total. The van der Waals surface area contributed by atoms with Gasteiger partial charge in [-0.25, -0.2) is 0 Å². The summed E-state index contributed by atoms with van der Waals surface area (Å²) in [6.07, 6.45) is 5.48. The van der Waals surface area contributed by atoms with Crippen molar-refractivity contribution in [1.29, 1.82) is 0 Å². The molecule has 3 saturated heterocycles. The molecule has 1 unspecified atom stereocenters. The average Bonchev–Trinajstić information content (AvgIpc) is 3.09. The van der Waals surface area contributed by atoms with E-state index in [9.17, 15) is 9.59 Å². The monoisotopic (exact) mass is 308 g/mol. The maximum Gasteiger partial charge on any atom is 0.251 e. The molecule has 0 aliphatic carbocycles. The minimum absolute atomic E-state index is 0.113. The third kappa shape index (κ3) is 3.45. The van der Waals surface area contributed by atoms with Gasteiger partial charge < -0.3 is 14.5 Å². The Morgan fingerprint density at radius 2 is 1.45 bits per heavy atom. The SMILES string of the molecule is CC1CCN(C(=O)C2CCN(C(=O)C3CCCO3)CC2)CC1. The van der Waals surface area contributed by atoms with Gasteiger partial charge in [-0.15, -0.1) is 0 Å². The van der Waals surface area contributed by atoms with E-state index < -0.39 is 0 Å². The first-order valence-electron chi connectivity index (χ1n) is 8.84. The van der Waals surface area contributed by atoms with Crippen LogP contribution >= 0.6 is 0 Å². The van der Waals surface area contributed by atoms with Crippen molar-refractivity contribution < 1.29 is 14.3 Å². The van der Waals surface area contributed by atoms with Gasteiger partial charge in [-0.1, -0.05) is 6.92 Å². The van der Waals surface area contributed by atoms with Crippen LogP contribution in [0.2, 0.25) is 0 Å². The molecule has 0 N–H and O–H groups in total. The topological polar surface area (TPSA) is 49.9 Å². The summed E-state index contributed by atoms with van der Waals surface area (Å²) in [5, 5.41) is 0. The summed E-state index contributed by atoms with van der Waals surface area (Å²) in [5.41, 5.74) is 0. The van der Waals surface area contributed by atoms with Crippen molar-refractivity contribution in [2.75, 3.05) is 32.8 Å². The minimum atomic E-state index is -0.226. The number of nitrogens with zero attached hydrogens (tertiary/aromatic N) is 2. The number of ether oxygens (including phenoxy) is 1. The lowest BCUT2D eigenvalue weighted by Gasteiger charge is -2.37. The Kier molecular flexibility index (Phi) is 5.01. The van der Waals surface area contributed by atoms with Crippen LogP contribution in [-0.2, 0) is 14.3 Å². The zero-order valence-electron chi connectivity index (χ0n) is 13.6. The maximum atomic E-state index is 12.6. The van der Waals surface area contributed by atoms with E-state index in [0.29, 0.717) is 25.6 Å². The summed E-state index contributed by atoms with van der Waals surface area (Å²) >= 11 is 0. The molecule has 3 aliphatic heterocycles. The summed E-state index contributed by atoms with van der Waals surface area (Å²) < 4.78 is 5.48. The molecule has 0 aromatic carbocycles. The van der Waals surface area contributed by atoms with E-state index in [1.807, 2.05) is 9.80 Å². The Bertz CT molecular complexity index is 404. The molecule has 1 atom stereocenters. The molecule has 0 aromatic rings. The van der Waals surface area contributed by atoms with Gasteiger partial charge in [-0.3, -0.25) is 9.59 Å². The van der Waals surface area contributed by atoms with Gasteiger partial charge in [0.25, 0.3) is 5.91 Å². The summed E-state index contributed by atoms with van der Waals surface area (Å²) in [6, 6.07) is 0. The highest BCUT2D eigenvalue weighted by molar-refractivity contribution is 5.82. The van der Waals surface area contributed by atoms with E-state index in [2.05, 4.69) is 6.92 Å². The summed E-state index contributed by atoms with van der Waals surface area (Å²) in [5.74, 6) is 1.31. The van der Waals surface area contributed by atoms with E-state index in [1.165, 1.54) is 0 Å². The lowest BCUT2D eigenvalue weighted by Crippen LogP contribution is -2.48. The van der Waals surface area contributed by atoms with Gasteiger partial charge in [0.1, 0.15) is 6.10 Å². The first-order valence-corrected chi connectivity index (χ1v) is 8.84. The van der Waals surface area contributed by atoms with Crippen molar-refractivity contribution in [3.63, 3.8) is 0 Å². The predicted molar refractivity (Wildman–Crippen MR) is 83.3 cm³/mol. The standard InChI is InChI=1S/C17H28N2O3/c1-13-4-8-18(9-5-13)16(20)14-6-10-19(11-7-14)17(21)15-3-2-12-22-15/h13-15H,2-12H2,1H3. The van der Waals surface area contributed by atoms with Crippen molar-refractivity contribution in [1.82, 2.24) is 9.80 Å². The number of piperidine rings is 2. The Balaban J connectivity index is 1.46. The van der Waals surface area contributed by atoms with Crippen LogP contribution in [0.4, 0.5) is 0 Å². The highest BCUT2D eigenvalue weighted by atomic mass is 16.5. The Morgan fingerprint density at radius 1 is 0.864 bits per heavy atom. The van der Waals surface area contributed by atoms with Crippen LogP contribution in [0.5, 0.6) is 0 Å². The zero-order valence-corrected chi connectivity index (χ0v) is 13.6. The molecule has 0 bridgehead atoms. The Hall–Kier alpha value is -1.10. The van der Waals surface area contributed by atoms with Gasteiger partial charge in [-0.2, -0.15) is 0 Å². The van der Waals surface area contributed by atoms with E-state index in [4.69, 9.17) is 4.74 Å². The molecule has 0 radical (unpaired) electrons. The van der Waals surface area contributed by atoms with Gasteiger partial charge >= 0.3 is 0 Å². The van der Waals surface area contributed by atoms with Crippen molar-refractivity contribution in [2.24, 2.45) is 11.8 Å². The molecule has 0 aromatic heterocycles. The number of hydrogen-bond acceptors (Lipinski definition) is 3. The summed E-state index contributed by atoms with van der Waals surface area (Å²) in [4.78, 5) is 28.9. The molecule has 2 amide bonds. The number of carbonyl (C=O) groups is 2. The average molecular weight is 308 g/mol. The van der Waals surface area contributed by atoms with Gasteiger partial charge in [0.2, 0.25) is 5.91 Å². The third-order valence-corrected chi connectivity index (χ3v) is 5.46. The number of carbonyl (C=O) groups excluding carboxylic acids is 2. The summed E-state index contributed by atoms with van der Waals surface area (Å²) in [7, 11) is 0.